The van der Waals surface area contributed by atoms with E-state index in [1.165, 1.54) is 31.2 Å². The molecule has 0 saturated heterocycles. The highest BCUT2D eigenvalue weighted by Gasteiger charge is 2.33. The van der Waals surface area contributed by atoms with Gasteiger partial charge in [0.25, 0.3) is 0 Å². The molecule has 1 amide bonds. The van der Waals surface area contributed by atoms with E-state index in [0.29, 0.717) is 16.3 Å². The lowest BCUT2D eigenvalue weighted by Crippen LogP contribution is -2.42. The molecule has 0 spiro atoms. The van der Waals surface area contributed by atoms with E-state index in [4.69, 9.17) is 16.3 Å². The van der Waals surface area contributed by atoms with Gasteiger partial charge in [-0.15, -0.1) is 0 Å². The van der Waals surface area contributed by atoms with Gasteiger partial charge in [-0.3, -0.25) is 10.1 Å². The average molecular weight is 469 g/mol. The molecule has 168 valence electrons. The van der Waals surface area contributed by atoms with Crippen molar-refractivity contribution in [3.63, 3.8) is 0 Å². The second-order valence-electron chi connectivity index (χ2n) is 7.81. The van der Waals surface area contributed by atoms with Crippen LogP contribution >= 0.6 is 11.6 Å². The number of hydrogen-bond donors (Lipinski definition) is 2. The summed E-state index contributed by atoms with van der Waals surface area (Å²) in [6.45, 7) is 6.24. The highest BCUT2D eigenvalue weighted by atomic mass is 35.5. The summed E-state index contributed by atoms with van der Waals surface area (Å²) in [5, 5.41) is 12.3. The van der Waals surface area contributed by atoms with Crippen LogP contribution in [0.5, 0.6) is 0 Å². The molecule has 0 fully saturated rings. The highest BCUT2D eigenvalue weighted by molar-refractivity contribution is 7.89. The quantitative estimate of drug-likeness (QED) is 0.624. The second-order valence-corrected chi connectivity index (χ2v) is 10.1. The van der Waals surface area contributed by atoms with Crippen LogP contribution in [0.3, 0.4) is 0 Å². The van der Waals surface area contributed by atoms with Crippen LogP contribution in [-0.4, -0.2) is 41.5 Å². The predicted molar refractivity (Wildman–Crippen MR) is 118 cm³/mol. The minimum absolute atomic E-state index is 0.123. The molecule has 0 saturated carbocycles. The number of aliphatic carboxylic acids is 1. The van der Waals surface area contributed by atoms with Gasteiger partial charge in [-0.1, -0.05) is 29.8 Å². The van der Waals surface area contributed by atoms with Crippen LogP contribution in [0.15, 0.2) is 53.4 Å². The number of rotatable bonds is 7. The molecular formula is C21H25ClN2O6S. The van der Waals surface area contributed by atoms with Crippen molar-refractivity contribution in [2.24, 2.45) is 0 Å². The largest absolute Gasteiger partial charge is 0.480 e. The van der Waals surface area contributed by atoms with Crippen molar-refractivity contribution in [3.8, 4) is 0 Å². The maximum Gasteiger partial charge on any atom is 0.412 e. The molecule has 0 heterocycles. The van der Waals surface area contributed by atoms with Crippen molar-refractivity contribution in [3.05, 3.63) is 59.1 Å². The number of halogens is 1. The molecule has 0 radical (unpaired) electrons. The van der Waals surface area contributed by atoms with Crippen LogP contribution in [0, 0.1) is 0 Å². The fourth-order valence-electron chi connectivity index (χ4n) is 2.61. The van der Waals surface area contributed by atoms with Gasteiger partial charge in [0.1, 0.15) is 11.6 Å². The number of carbonyl (C=O) groups excluding carboxylic acids is 1. The zero-order valence-electron chi connectivity index (χ0n) is 17.6. The van der Waals surface area contributed by atoms with E-state index in [1.54, 1.807) is 45.0 Å². The smallest absolute Gasteiger partial charge is 0.412 e. The minimum Gasteiger partial charge on any atom is -0.480 e. The first-order valence-electron chi connectivity index (χ1n) is 9.39. The Kier molecular flexibility index (Phi) is 7.69. The van der Waals surface area contributed by atoms with E-state index in [2.05, 4.69) is 5.32 Å². The fourth-order valence-corrected chi connectivity index (χ4v) is 4.38. The van der Waals surface area contributed by atoms with Gasteiger partial charge in [-0.05, 0) is 63.6 Å². The molecule has 0 aliphatic carbocycles. The lowest BCUT2D eigenvalue weighted by molar-refractivity contribution is -0.141. The number of carboxylic acids is 1. The summed E-state index contributed by atoms with van der Waals surface area (Å²) in [4.78, 5) is 23.3. The predicted octanol–water partition coefficient (Wildman–Crippen LogP) is 4.35. The van der Waals surface area contributed by atoms with Crippen molar-refractivity contribution in [1.29, 1.82) is 0 Å². The number of carboxylic acid groups (broad SMARTS) is 1. The lowest BCUT2D eigenvalue weighted by Gasteiger charge is -2.26. The summed E-state index contributed by atoms with van der Waals surface area (Å²) >= 11 is 6.14. The summed E-state index contributed by atoms with van der Waals surface area (Å²) in [5.41, 5.74) is 0.126. The average Bonchev–Trinajstić information content (AvgIpc) is 2.65. The summed E-state index contributed by atoms with van der Waals surface area (Å²) < 4.78 is 32.5. The molecule has 10 heteroatoms. The number of hydrogen-bond acceptors (Lipinski definition) is 5. The Bertz CT molecular complexity index is 1050. The van der Waals surface area contributed by atoms with Crippen molar-refractivity contribution in [2.45, 2.75) is 50.8 Å². The Morgan fingerprint density at radius 1 is 1.13 bits per heavy atom. The van der Waals surface area contributed by atoms with Gasteiger partial charge in [0.2, 0.25) is 10.0 Å². The lowest BCUT2D eigenvalue weighted by atomic mass is 10.2. The van der Waals surface area contributed by atoms with E-state index >= 15 is 0 Å². The molecule has 8 nitrogen and oxygen atoms in total. The first-order chi connectivity index (χ1) is 14.3. The SMILES string of the molecule is CC(C(=O)O)N(Cc1ccccc1Cl)S(=O)(=O)c1ccc(NC(=O)OC(C)(C)C)cc1. The number of sulfonamides is 1. The molecule has 0 aliphatic heterocycles. The molecule has 0 aliphatic rings. The van der Waals surface area contributed by atoms with Gasteiger partial charge in [0.15, 0.2) is 0 Å². The third-order valence-corrected chi connectivity index (χ3v) is 6.48. The van der Waals surface area contributed by atoms with E-state index < -0.39 is 33.7 Å². The highest BCUT2D eigenvalue weighted by Crippen LogP contribution is 2.25. The first kappa shape index (κ1) is 24.6. The van der Waals surface area contributed by atoms with Crippen LogP contribution < -0.4 is 5.32 Å². The molecule has 31 heavy (non-hydrogen) atoms. The number of benzene rings is 2. The molecular weight excluding hydrogens is 444 g/mol. The van der Waals surface area contributed by atoms with Crippen LogP contribution in [0.2, 0.25) is 5.02 Å². The zero-order chi connectivity index (χ0) is 23.4. The Balaban J connectivity index is 2.31. The van der Waals surface area contributed by atoms with Crippen molar-refractivity contribution in [2.75, 3.05) is 5.32 Å². The molecule has 2 aromatic rings. The Morgan fingerprint density at radius 3 is 2.23 bits per heavy atom. The fraction of sp³-hybridized carbons (Fsp3) is 0.333. The maximum absolute atomic E-state index is 13.2. The molecule has 2 aromatic carbocycles. The maximum atomic E-state index is 13.2. The summed E-state index contributed by atoms with van der Waals surface area (Å²) in [6.07, 6.45) is -0.678. The minimum atomic E-state index is -4.18. The molecule has 0 aromatic heterocycles. The van der Waals surface area contributed by atoms with Gasteiger partial charge in [0, 0.05) is 17.3 Å². The molecule has 1 unspecified atom stereocenters. The number of anilines is 1. The van der Waals surface area contributed by atoms with Crippen LogP contribution in [0.1, 0.15) is 33.3 Å². The topological polar surface area (TPSA) is 113 Å². The van der Waals surface area contributed by atoms with E-state index in [1.807, 2.05) is 0 Å². The molecule has 0 bridgehead atoms. The second kappa shape index (κ2) is 9.67. The molecule has 1 atom stereocenters. The summed E-state index contributed by atoms with van der Waals surface area (Å²) in [7, 11) is -4.18. The number of nitrogens with zero attached hydrogens (tertiary/aromatic N) is 1. The monoisotopic (exact) mass is 468 g/mol. The number of ether oxygens (including phenoxy) is 1. The van der Waals surface area contributed by atoms with E-state index in [-0.39, 0.29) is 11.4 Å². The van der Waals surface area contributed by atoms with E-state index in [0.717, 1.165) is 4.31 Å². The third-order valence-electron chi connectivity index (χ3n) is 4.18. The van der Waals surface area contributed by atoms with Gasteiger partial charge in [0.05, 0.1) is 4.90 Å². The van der Waals surface area contributed by atoms with Gasteiger partial charge in [-0.2, -0.15) is 4.31 Å². The van der Waals surface area contributed by atoms with Gasteiger partial charge in [-0.25, -0.2) is 13.2 Å². The normalized spacial score (nSPS) is 13.0. The molecule has 2 N–H and O–H groups in total. The Labute approximate surface area is 186 Å². The first-order valence-corrected chi connectivity index (χ1v) is 11.2. The van der Waals surface area contributed by atoms with Crippen LogP contribution in [-0.2, 0) is 26.1 Å². The van der Waals surface area contributed by atoms with E-state index in [9.17, 15) is 23.1 Å². The van der Waals surface area contributed by atoms with Gasteiger partial charge < -0.3 is 9.84 Å². The standard InChI is InChI=1S/C21H25ClN2O6S/c1-14(19(25)26)24(13-15-7-5-6-8-18(15)22)31(28,29)17-11-9-16(10-12-17)23-20(27)30-21(2,3)4/h5-12,14H,13H2,1-4H3,(H,23,27)(H,25,26). The van der Waals surface area contributed by atoms with Crippen molar-refractivity contribution >= 4 is 39.4 Å². The van der Waals surface area contributed by atoms with Crippen LogP contribution in [0.4, 0.5) is 10.5 Å². The van der Waals surface area contributed by atoms with Crippen molar-refractivity contribution in [1.82, 2.24) is 4.31 Å². The van der Waals surface area contributed by atoms with Crippen LogP contribution in [0.25, 0.3) is 0 Å². The Morgan fingerprint density at radius 2 is 1.71 bits per heavy atom. The summed E-state index contributed by atoms with van der Waals surface area (Å²) in [5.74, 6) is -1.29. The number of nitrogens with one attached hydrogen (secondary N) is 1. The Hall–Kier alpha value is -2.62. The summed E-state index contributed by atoms with van der Waals surface area (Å²) in [6, 6.07) is 10.7. The molecule has 2 rings (SSSR count). The third kappa shape index (κ3) is 6.68. The number of carbonyl (C=O) groups is 2. The van der Waals surface area contributed by atoms with Crippen molar-refractivity contribution < 1.29 is 27.9 Å². The zero-order valence-corrected chi connectivity index (χ0v) is 19.2. The number of amides is 1. The van der Waals surface area contributed by atoms with Gasteiger partial charge >= 0.3 is 12.1 Å².